The van der Waals surface area contributed by atoms with Gasteiger partial charge in [-0.2, -0.15) is 0 Å². The number of nitrogens with two attached hydrogens (primary N) is 1. The molecule has 6 heteroatoms. The lowest BCUT2D eigenvalue weighted by Gasteiger charge is -1.95. The Labute approximate surface area is 90.0 Å². The van der Waals surface area contributed by atoms with Gasteiger partial charge in [0.15, 0.2) is 5.13 Å². The van der Waals surface area contributed by atoms with Crippen molar-refractivity contribution in [1.29, 1.82) is 0 Å². The Hall–Kier alpha value is -1.01. The molecular weight excluding hydrogens is 216 g/mol. The van der Waals surface area contributed by atoms with Crippen molar-refractivity contribution >= 4 is 28.2 Å². The van der Waals surface area contributed by atoms with E-state index in [9.17, 15) is 0 Å². The van der Waals surface area contributed by atoms with E-state index < -0.39 is 0 Å². The van der Waals surface area contributed by atoms with Crippen molar-refractivity contribution in [3.05, 3.63) is 29.3 Å². The predicted molar refractivity (Wildman–Crippen MR) is 60.1 cm³/mol. The zero-order chi connectivity index (χ0) is 9.80. The fraction of sp³-hybridized carbons (Fsp3) is 0.250. The number of thioether (sulfide) groups is 1. The Balaban J connectivity index is 1.78. The largest absolute Gasteiger partial charge is 0.375 e. The molecule has 0 aliphatic heterocycles. The maximum absolute atomic E-state index is 5.53. The fourth-order valence-electron chi connectivity index (χ4n) is 1.02. The van der Waals surface area contributed by atoms with Crippen molar-refractivity contribution < 1.29 is 0 Å². The van der Waals surface area contributed by atoms with E-state index in [-0.39, 0.29) is 0 Å². The molecule has 0 bridgehead atoms. The van der Waals surface area contributed by atoms with Gasteiger partial charge in [0, 0.05) is 28.8 Å². The van der Waals surface area contributed by atoms with Crippen LogP contribution < -0.4 is 5.73 Å². The third kappa shape index (κ3) is 2.49. The van der Waals surface area contributed by atoms with Gasteiger partial charge in [-0.25, -0.2) is 9.97 Å². The van der Waals surface area contributed by atoms with E-state index in [1.54, 1.807) is 18.1 Å². The number of nitrogen functional groups attached to an aromatic ring is 1. The van der Waals surface area contributed by atoms with Crippen LogP contribution in [-0.2, 0) is 11.5 Å². The van der Waals surface area contributed by atoms with Gasteiger partial charge in [0.05, 0.1) is 12.0 Å². The number of nitrogens with zero attached hydrogens (tertiary/aromatic N) is 2. The van der Waals surface area contributed by atoms with Gasteiger partial charge in [-0.1, -0.05) is 0 Å². The predicted octanol–water partition coefficient (Wildman–Crippen LogP) is 1.88. The monoisotopic (exact) mass is 226 g/mol. The van der Waals surface area contributed by atoms with Crippen molar-refractivity contribution in [3.63, 3.8) is 0 Å². The first kappa shape index (κ1) is 9.54. The lowest BCUT2D eigenvalue weighted by Crippen LogP contribution is -1.86. The zero-order valence-electron chi connectivity index (χ0n) is 7.43. The summed E-state index contributed by atoms with van der Waals surface area (Å²) in [4.78, 5) is 11.2. The average Bonchev–Trinajstić information content (AvgIpc) is 2.77. The number of aromatic nitrogens is 3. The number of aromatic amines is 1. The highest BCUT2D eigenvalue weighted by atomic mass is 32.2. The molecule has 0 unspecified atom stereocenters. The van der Waals surface area contributed by atoms with Crippen LogP contribution in [0.5, 0.6) is 0 Å². The first-order chi connectivity index (χ1) is 6.84. The number of anilines is 1. The second-order valence-corrected chi connectivity index (χ2v) is 4.62. The van der Waals surface area contributed by atoms with Crippen LogP contribution in [-0.4, -0.2) is 15.0 Å². The van der Waals surface area contributed by atoms with Gasteiger partial charge in [0.1, 0.15) is 0 Å². The molecule has 0 aromatic carbocycles. The zero-order valence-corrected chi connectivity index (χ0v) is 9.07. The molecule has 0 fully saturated rings. The van der Waals surface area contributed by atoms with Gasteiger partial charge < -0.3 is 10.7 Å². The summed E-state index contributed by atoms with van der Waals surface area (Å²) < 4.78 is 0. The Morgan fingerprint density at radius 1 is 1.50 bits per heavy atom. The van der Waals surface area contributed by atoms with Crippen molar-refractivity contribution in [2.45, 2.75) is 11.5 Å². The summed E-state index contributed by atoms with van der Waals surface area (Å²) in [5, 5.41) is 2.64. The van der Waals surface area contributed by atoms with Crippen molar-refractivity contribution in [1.82, 2.24) is 15.0 Å². The molecule has 0 aliphatic carbocycles. The molecule has 2 heterocycles. The van der Waals surface area contributed by atoms with Crippen molar-refractivity contribution in [2.24, 2.45) is 0 Å². The summed E-state index contributed by atoms with van der Waals surface area (Å²) in [6.07, 6.45) is 3.53. The molecule has 2 rings (SSSR count). The van der Waals surface area contributed by atoms with E-state index in [4.69, 9.17) is 5.73 Å². The molecule has 0 aliphatic rings. The first-order valence-corrected chi connectivity index (χ1v) is 6.13. The van der Waals surface area contributed by atoms with Crippen LogP contribution in [0.2, 0.25) is 0 Å². The quantitative estimate of drug-likeness (QED) is 0.835. The molecule has 3 N–H and O–H groups in total. The fourth-order valence-corrected chi connectivity index (χ4v) is 2.52. The lowest BCUT2D eigenvalue weighted by atomic mass is 10.6. The van der Waals surface area contributed by atoms with E-state index in [0.29, 0.717) is 5.13 Å². The highest BCUT2D eigenvalue weighted by Crippen LogP contribution is 2.19. The summed E-state index contributed by atoms with van der Waals surface area (Å²) in [5.74, 6) is 1.82. The van der Waals surface area contributed by atoms with Gasteiger partial charge in [-0.05, 0) is 0 Å². The molecule has 4 nitrogen and oxygen atoms in total. The number of thiazole rings is 1. The van der Waals surface area contributed by atoms with Gasteiger partial charge >= 0.3 is 0 Å². The Bertz CT molecular complexity index is 382. The molecule has 14 heavy (non-hydrogen) atoms. The minimum Gasteiger partial charge on any atom is -0.375 e. The van der Waals surface area contributed by atoms with Crippen molar-refractivity contribution in [2.75, 3.05) is 5.73 Å². The molecule has 0 radical (unpaired) electrons. The number of hydrogen-bond donors (Lipinski definition) is 2. The summed E-state index contributed by atoms with van der Waals surface area (Å²) in [7, 11) is 0. The normalized spacial score (nSPS) is 10.6. The second-order valence-electron chi connectivity index (χ2n) is 2.75. The smallest absolute Gasteiger partial charge is 0.180 e. The molecule has 74 valence electrons. The van der Waals surface area contributed by atoms with Gasteiger partial charge in [0.25, 0.3) is 0 Å². The maximum atomic E-state index is 5.53. The number of H-pyrrole nitrogens is 1. The summed E-state index contributed by atoms with van der Waals surface area (Å²) in [6.45, 7) is 0. The van der Waals surface area contributed by atoms with E-state index in [0.717, 1.165) is 22.9 Å². The molecule has 2 aromatic heterocycles. The topological polar surface area (TPSA) is 67.6 Å². The van der Waals surface area contributed by atoms with E-state index in [2.05, 4.69) is 15.0 Å². The Morgan fingerprint density at radius 3 is 3.07 bits per heavy atom. The van der Waals surface area contributed by atoms with Crippen LogP contribution in [0.1, 0.15) is 11.4 Å². The van der Waals surface area contributed by atoms with Crippen LogP contribution in [0.3, 0.4) is 0 Å². The number of nitrogens with one attached hydrogen (secondary N) is 1. The number of imidazole rings is 1. The molecule has 0 amide bonds. The van der Waals surface area contributed by atoms with Crippen LogP contribution in [0.4, 0.5) is 5.13 Å². The minimum absolute atomic E-state index is 0.641. The number of rotatable bonds is 4. The third-order valence-electron chi connectivity index (χ3n) is 1.63. The maximum Gasteiger partial charge on any atom is 0.180 e. The van der Waals surface area contributed by atoms with Gasteiger partial charge in [0.2, 0.25) is 0 Å². The summed E-state index contributed by atoms with van der Waals surface area (Å²) >= 11 is 3.28. The molecule has 0 saturated carbocycles. The van der Waals surface area contributed by atoms with E-state index in [1.807, 2.05) is 11.6 Å². The molecule has 2 aromatic rings. The van der Waals surface area contributed by atoms with Crippen LogP contribution >= 0.6 is 23.1 Å². The second kappa shape index (κ2) is 4.47. The molecule has 0 spiro atoms. The Morgan fingerprint density at radius 2 is 2.43 bits per heavy atom. The average molecular weight is 226 g/mol. The van der Waals surface area contributed by atoms with E-state index >= 15 is 0 Å². The van der Waals surface area contributed by atoms with Crippen molar-refractivity contribution in [3.8, 4) is 0 Å². The first-order valence-electron chi connectivity index (χ1n) is 4.09. The molecule has 0 atom stereocenters. The van der Waals surface area contributed by atoms with Gasteiger partial charge in [-0.3, -0.25) is 0 Å². The van der Waals surface area contributed by atoms with E-state index in [1.165, 1.54) is 11.3 Å². The standard InChI is InChI=1S/C8H10N4S2/c9-8-12-7(4-14-8)3-13-2-6-1-10-5-11-6/h1,4-5H,2-3H2,(H2,9,12)(H,10,11). The third-order valence-corrected chi connectivity index (χ3v) is 3.37. The summed E-state index contributed by atoms with van der Waals surface area (Å²) in [5.41, 5.74) is 7.72. The SMILES string of the molecule is Nc1nc(CSCc2cnc[nH]2)cs1. The number of hydrogen-bond acceptors (Lipinski definition) is 5. The minimum atomic E-state index is 0.641. The highest BCUT2D eigenvalue weighted by molar-refractivity contribution is 7.97. The van der Waals surface area contributed by atoms with Crippen LogP contribution in [0, 0.1) is 0 Å². The Kier molecular flexibility index (Phi) is 3.05. The van der Waals surface area contributed by atoms with Crippen LogP contribution in [0.15, 0.2) is 17.9 Å². The van der Waals surface area contributed by atoms with Crippen LogP contribution in [0.25, 0.3) is 0 Å². The highest BCUT2D eigenvalue weighted by Gasteiger charge is 1.99. The molecule has 0 saturated heterocycles. The lowest BCUT2D eigenvalue weighted by molar-refractivity contribution is 1.20. The molecular formula is C8H10N4S2. The van der Waals surface area contributed by atoms with Gasteiger partial charge in [-0.15, -0.1) is 23.1 Å². The summed E-state index contributed by atoms with van der Waals surface area (Å²) in [6, 6.07) is 0.